The van der Waals surface area contributed by atoms with E-state index in [1.165, 1.54) is 65.5 Å². The molecule has 0 atom stereocenters. The van der Waals surface area contributed by atoms with Gasteiger partial charge in [0.05, 0.1) is 44.5 Å². The van der Waals surface area contributed by atoms with E-state index in [1.54, 1.807) is 0 Å². The molecule has 4 heterocycles. The quantitative estimate of drug-likeness (QED) is 0.157. The lowest BCUT2D eigenvalue weighted by atomic mass is 9.98. The Labute approximate surface area is 398 Å². The number of pyridine rings is 1. The Hall–Kier alpha value is -9.25. The van der Waals surface area contributed by atoms with E-state index in [0.29, 0.717) is 0 Å². The van der Waals surface area contributed by atoms with Gasteiger partial charge >= 0.3 is 0 Å². The Bertz CT molecular complexity index is 4180. The van der Waals surface area contributed by atoms with Crippen LogP contribution in [0, 0.1) is 0 Å². The summed E-state index contributed by atoms with van der Waals surface area (Å²) in [6.45, 7) is 0. The Morgan fingerprint density at radius 3 is 0.971 bits per heavy atom. The molecule has 0 spiro atoms. The number of benzene rings is 10. The van der Waals surface area contributed by atoms with E-state index in [2.05, 4.69) is 268 Å². The highest BCUT2D eigenvalue weighted by atomic mass is 15.0. The second-order valence-corrected chi connectivity index (χ2v) is 18.0. The number of hydrogen-bond donors (Lipinski definition) is 0. The maximum Gasteiger partial charge on any atom is 0.0715 e. The first-order chi connectivity index (χ1) is 34.2. The fourth-order valence-electron chi connectivity index (χ4n) is 10.9. The van der Waals surface area contributed by atoms with E-state index in [1.807, 2.05) is 0 Å². The molecule has 0 amide bonds. The molecule has 4 nitrogen and oxygen atoms in total. The van der Waals surface area contributed by atoms with Crippen molar-refractivity contribution in [3.05, 3.63) is 255 Å². The summed E-state index contributed by atoms with van der Waals surface area (Å²) in [4.78, 5) is 5.28. The van der Waals surface area contributed by atoms with Gasteiger partial charge in [0.1, 0.15) is 0 Å². The molecule has 322 valence electrons. The van der Waals surface area contributed by atoms with Gasteiger partial charge < -0.3 is 13.7 Å². The highest BCUT2D eigenvalue weighted by Crippen LogP contribution is 2.41. The van der Waals surface area contributed by atoms with Crippen molar-refractivity contribution in [2.45, 2.75) is 0 Å². The van der Waals surface area contributed by atoms with Gasteiger partial charge in [-0.3, -0.25) is 0 Å². The van der Waals surface area contributed by atoms with Gasteiger partial charge in [-0.2, -0.15) is 0 Å². The summed E-state index contributed by atoms with van der Waals surface area (Å²) in [6, 6.07) is 92.4. The van der Waals surface area contributed by atoms with Crippen LogP contribution in [0.5, 0.6) is 0 Å². The maximum atomic E-state index is 5.28. The lowest BCUT2D eigenvalue weighted by molar-refractivity contribution is 1.13. The monoisotopic (exact) mass is 878 g/mol. The summed E-state index contributed by atoms with van der Waals surface area (Å²) in [7, 11) is 0. The molecule has 0 N–H and O–H groups in total. The Morgan fingerprint density at radius 1 is 0.203 bits per heavy atom. The average molecular weight is 879 g/mol. The molecule has 0 saturated heterocycles. The molecule has 10 aromatic carbocycles. The summed E-state index contributed by atoms with van der Waals surface area (Å²) in [6.07, 6.45) is 0. The van der Waals surface area contributed by atoms with Crippen LogP contribution in [0.4, 0.5) is 0 Å². The molecule has 14 aromatic rings. The van der Waals surface area contributed by atoms with E-state index < -0.39 is 0 Å². The van der Waals surface area contributed by atoms with Gasteiger partial charge in [0.2, 0.25) is 0 Å². The minimum Gasteiger partial charge on any atom is -0.309 e. The third kappa shape index (κ3) is 6.34. The zero-order valence-corrected chi connectivity index (χ0v) is 37.5. The fraction of sp³-hybridized carbons (Fsp3) is 0. The Kier molecular flexibility index (Phi) is 8.86. The predicted octanol–water partition coefficient (Wildman–Crippen LogP) is 17.0. The summed E-state index contributed by atoms with van der Waals surface area (Å²) in [5.74, 6) is 0. The molecule has 0 aliphatic rings. The molecule has 0 unspecified atom stereocenters. The predicted molar refractivity (Wildman–Crippen MR) is 289 cm³/mol. The smallest absolute Gasteiger partial charge is 0.0715 e. The number of aromatic nitrogens is 4. The van der Waals surface area contributed by atoms with Gasteiger partial charge in [-0.1, -0.05) is 164 Å². The second kappa shape index (κ2) is 15.7. The number of rotatable bonds is 7. The van der Waals surface area contributed by atoms with Crippen LogP contribution >= 0.6 is 0 Å². The van der Waals surface area contributed by atoms with Gasteiger partial charge in [0.15, 0.2) is 0 Å². The number of fused-ring (bicyclic) bond motifs is 9. The molecule has 14 rings (SSSR count). The zero-order chi connectivity index (χ0) is 45.4. The van der Waals surface area contributed by atoms with Gasteiger partial charge in [0, 0.05) is 60.5 Å². The topological polar surface area (TPSA) is 27.7 Å². The van der Waals surface area contributed by atoms with Gasteiger partial charge in [-0.05, 0) is 113 Å². The van der Waals surface area contributed by atoms with Gasteiger partial charge in [0.25, 0.3) is 0 Å². The third-order valence-electron chi connectivity index (χ3n) is 14.0. The summed E-state index contributed by atoms with van der Waals surface area (Å²) >= 11 is 0. The molecular weight excluding hydrogens is 837 g/mol. The first-order valence-electron chi connectivity index (χ1n) is 23.6. The SMILES string of the molecule is c1ccc(-c2cc(-c3cc(-n4c5ccccc5c5ccccc54)cc(-n4c5ccccc5c5cc(-c6ccc7c(c6)c6ccccc6n7-c6ccccc6)ccc54)c3)cc(-c3ccccc3)n2)cc1. The molecule has 0 saturated carbocycles. The zero-order valence-electron chi connectivity index (χ0n) is 37.5. The van der Waals surface area contributed by atoms with Crippen LogP contribution in [0.15, 0.2) is 255 Å². The molecule has 69 heavy (non-hydrogen) atoms. The normalized spacial score (nSPS) is 11.8. The van der Waals surface area contributed by atoms with E-state index >= 15 is 0 Å². The Balaban J connectivity index is 1.00. The van der Waals surface area contributed by atoms with Crippen LogP contribution in [-0.4, -0.2) is 18.7 Å². The van der Waals surface area contributed by atoms with Crippen molar-refractivity contribution in [1.29, 1.82) is 0 Å². The van der Waals surface area contributed by atoms with Crippen LogP contribution in [0.3, 0.4) is 0 Å². The summed E-state index contributed by atoms with van der Waals surface area (Å²) in [5.41, 5.74) is 19.0. The highest BCUT2D eigenvalue weighted by Gasteiger charge is 2.20. The maximum absolute atomic E-state index is 5.28. The lowest BCUT2D eigenvalue weighted by Gasteiger charge is -2.17. The van der Waals surface area contributed by atoms with Crippen molar-refractivity contribution >= 4 is 65.4 Å². The molecule has 0 fully saturated rings. The molecule has 4 heteroatoms. The fourth-order valence-corrected chi connectivity index (χ4v) is 10.9. The largest absolute Gasteiger partial charge is 0.309 e. The summed E-state index contributed by atoms with van der Waals surface area (Å²) < 4.78 is 7.28. The molecule has 0 bridgehead atoms. The third-order valence-corrected chi connectivity index (χ3v) is 14.0. The van der Waals surface area contributed by atoms with Gasteiger partial charge in [-0.25, -0.2) is 4.98 Å². The molecule has 4 aromatic heterocycles. The minimum absolute atomic E-state index is 0.933. The number of nitrogens with zero attached hydrogens (tertiary/aromatic N) is 4. The highest BCUT2D eigenvalue weighted by molar-refractivity contribution is 6.13. The molecule has 0 aliphatic heterocycles. The van der Waals surface area contributed by atoms with Gasteiger partial charge in [-0.15, -0.1) is 0 Å². The number of para-hydroxylation sites is 5. The van der Waals surface area contributed by atoms with E-state index in [0.717, 1.165) is 61.7 Å². The second-order valence-electron chi connectivity index (χ2n) is 18.0. The van der Waals surface area contributed by atoms with E-state index in [-0.39, 0.29) is 0 Å². The van der Waals surface area contributed by atoms with E-state index in [4.69, 9.17) is 4.98 Å². The van der Waals surface area contributed by atoms with Crippen molar-refractivity contribution < 1.29 is 0 Å². The van der Waals surface area contributed by atoms with Crippen LogP contribution in [0.1, 0.15) is 0 Å². The van der Waals surface area contributed by atoms with Crippen LogP contribution < -0.4 is 0 Å². The van der Waals surface area contributed by atoms with Crippen molar-refractivity contribution in [3.8, 4) is 61.8 Å². The molecular formula is C65H42N4. The summed E-state index contributed by atoms with van der Waals surface area (Å²) in [5, 5.41) is 7.37. The number of hydrogen-bond acceptors (Lipinski definition) is 1. The van der Waals surface area contributed by atoms with Crippen molar-refractivity contribution in [3.63, 3.8) is 0 Å². The van der Waals surface area contributed by atoms with Crippen molar-refractivity contribution in [1.82, 2.24) is 18.7 Å². The molecule has 0 aliphatic carbocycles. The lowest BCUT2D eigenvalue weighted by Crippen LogP contribution is -2.00. The molecule has 0 radical (unpaired) electrons. The Morgan fingerprint density at radius 2 is 0.536 bits per heavy atom. The first-order valence-corrected chi connectivity index (χ1v) is 23.6. The van der Waals surface area contributed by atoms with Crippen LogP contribution in [0.2, 0.25) is 0 Å². The van der Waals surface area contributed by atoms with E-state index in [9.17, 15) is 0 Å². The standard InChI is InChI=1S/C65H42N4/c1-4-18-43(19-5-1)58-40-48(41-59(66-58)44-20-6-2-7-21-44)47-36-50(68-60-28-14-10-24-52(60)53-25-11-15-29-61(53)68)42-51(37-47)69-63-31-17-13-27-55(63)57-39-46(33-35-65(57)69)45-32-34-64-56(38-45)54-26-12-16-30-62(54)67(64)49-22-8-3-9-23-49/h1-42H. The minimum atomic E-state index is 0.933. The van der Waals surface area contributed by atoms with Crippen LogP contribution in [0.25, 0.3) is 127 Å². The van der Waals surface area contributed by atoms with Crippen molar-refractivity contribution in [2.75, 3.05) is 0 Å². The van der Waals surface area contributed by atoms with Crippen LogP contribution in [-0.2, 0) is 0 Å². The van der Waals surface area contributed by atoms with Crippen molar-refractivity contribution in [2.24, 2.45) is 0 Å². The average Bonchev–Trinajstić information content (AvgIpc) is 4.07. The first kappa shape index (κ1) is 39.0.